The molecule has 0 saturated carbocycles. The summed E-state index contributed by atoms with van der Waals surface area (Å²) >= 11 is 0. The summed E-state index contributed by atoms with van der Waals surface area (Å²) < 4.78 is 14.3. The lowest BCUT2D eigenvalue weighted by Crippen LogP contribution is -2.22. The topological polar surface area (TPSA) is 57.5 Å². The number of hydrogen-bond donors (Lipinski definition) is 2. The average molecular weight is 366 g/mol. The van der Waals surface area contributed by atoms with Crippen molar-refractivity contribution in [3.05, 3.63) is 89.0 Å². The van der Waals surface area contributed by atoms with Gasteiger partial charge in [0.1, 0.15) is 11.6 Å². The van der Waals surface area contributed by atoms with Crippen LogP contribution in [0.5, 0.6) is 5.75 Å². The first-order chi connectivity index (χ1) is 12.4. The molecule has 0 aliphatic rings. The minimum absolute atomic E-state index is 0.136. The Morgan fingerprint density at radius 3 is 1.73 bits per heavy atom. The zero-order valence-corrected chi connectivity index (χ0v) is 16.1. The number of rotatable bonds is 4. The van der Waals surface area contributed by atoms with Gasteiger partial charge in [-0.25, -0.2) is 0 Å². The minimum Gasteiger partial charge on any atom is -0.507 e. The quantitative estimate of drug-likeness (QED) is 0.676. The fourth-order valence-corrected chi connectivity index (χ4v) is 6.35. The molecule has 0 amide bonds. The molecule has 2 N–H and O–H groups in total. The van der Waals surface area contributed by atoms with E-state index in [1.54, 1.807) is 31.2 Å². The van der Waals surface area contributed by atoms with E-state index < -0.39 is 13.0 Å². The van der Waals surface area contributed by atoms with E-state index in [9.17, 15) is 14.8 Å². The molecule has 0 aliphatic carbocycles. The Hall–Kier alpha value is -2.35. The van der Waals surface area contributed by atoms with Crippen LogP contribution in [0.1, 0.15) is 28.1 Å². The third-order valence-electron chi connectivity index (χ3n) is 4.87. The lowest BCUT2D eigenvalue weighted by Gasteiger charge is -2.28. The lowest BCUT2D eigenvalue weighted by atomic mass is 9.99. The van der Waals surface area contributed by atoms with Gasteiger partial charge < -0.3 is 14.8 Å². The molecule has 1 atom stereocenters. The van der Waals surface area contributed by atoms with Crippen LogP contribution >= 0.6 is 7.14 Å². The van der Waals surface area contributed by atoms with Gasteiger partial charge in [-0.3, -0.25) is 0 Å². The third-order valence-corrected chi connectivity index (χ3v) is 7.95. The van der Waals surface area contributed by atoms with Crippen molar-refractivity contribution in [1.29, 1.82) is 0 Å². The molecule has 0 fully saturated rings. The highest BCUT2D eigenvalue weighted by Gasteiger charge is 2.38. The second-order valence-electron chi connectivity index (χ2n) is 6.60. The number of hydrogen-bond acceptors (Lipinski definition) is 3. The number of phenols is 1. The molecule has 3 aromatic carbocycles. The van der Waals surface area contributed by atoms with Crippen molar-refractivity contribution in [1.82, 2.24) is 0 Å². The number of phenolic OH excluding ortho intramolecular Hbond substituents is 1. The Balaban J connectivity index is 2.28. The molecule has 3 nitrogen and oxygen atoms in total. The summed E-state index contributed by atoms with van der Waals surface area (Å²) in [5.74, 6) is -1.10. The van der Waals surface area contributed by atoms with Crippen molar-refractivity contribution in [2.45, 2.75) is 26.6 Å². The predicted molar refractivity (Wildman–Crippen MR) is 107 cm³/mol. The molecule has 0 heterocycles. The zero-order valence-electron chi connectivity index (χ0n) is 15.2. The monoisotopic (exact) mass is 366 g/mol. The van der Waals surface area contributed by atoms with Gasteiger partial charge in [0.2, 0.25) is 0 Å². The first kappa shape index (κ1) is 18.4. The standard InChI is InChI=1S/C22H23O3P/c1-15-14-16(2)21(23)17(3)20(15)22(24)26(25,18-10-6-4-7-11-18)19-12-8-5-9-13-19/h4-14,22-24H,1-3H3. The van der Waals surface area contributed by atoms with E-state index in [-0.39, 0.29) is 5.75 Å². The second-order valence-corrected chi connectivity index (χ2v) is 9.44. The van der Waals surface area contributed by atoms with E-state index in [1.807, 2.05) is 56.3 Å². The van der Waals surface area contributed by atoms with Gasteiger partial charge in [0.25, 0.3) is 0 Å². The molecule has 26 heavy (non-hydrogen) atoms. The van der Waals surface area contributed by atoms with E-state index in [2.05, 4.69) is 0 Å². The Labute approximate surface area is 154 Å². The van der Waals surface area contributed by atoms with E-state index >= 15 is 0 Å². The summed E-state index contributed by atoms with van der Waals surface area (Å²) in [5, 5.41) is 22.9. The molecule has 4 heteroatoms. The average Bonchev–Trinajstić information content (AvgIpc) is 2.67. The molecule has 3 rings (SSSR count). The molecule has 134 valence electrons. The van der Waals surface area contributed by atoms with Crippen LogP contribution in [0.25, 0.3) is 0 Å². The van der Waals surface area contributed by atoms with Crippen LogP contribution in [-0.2, 0) is 4.57 Å². The van der Waals surface area contributed by atoms with Crippen molar-refractivity contribution in [3.8, 4) is 5.75 Å². The van der Waals surface area contributed by atoms with Gasteiger partial charge in [-0.05, 0) is 43.0 Å². The van der Waals surface area contributed by atoms with Gasteiger partial charge in [-0.2, -0.15) is 0 Å². The molecule has 0 spiro atoms. The fourth-order valence-electron chi connectivity index (χ4n) is 3.50. The van der Waals surface area contributed by atoms with Crippen molar-refractivity contribution < 1.29 is 14.8 Å². The molecule has 0 saturated heterocycles. The Kier molecular flexibility index (Phi) is 5.04. The van der Waals surface area contributed by atoms with Crippen LogP contribution in [0, 0.1) is 20.8 Å². The zero-order chi connectivity index (χ0) is 18.9. The second kappa shape index (κ2) is 7.11. The summed E-state index contributed by atoms with van der Waals surface area (Å²) in [6.45, 7) is 5.45. The van der Waals surface area contributed by atoms with Gasteiger partial charge in [-0.1, -0.05) is 66.7 Å². The molecule has 0 bridgehead atoms. The number of aliphatic hydroxyl groups is 1. The van der Waals surface area contributed by atoms with Gasteiger partial charge in [0, 0.05) is 10.6 Å². The highest BCUT2D eigenvalue weighted by molar-refractivity contribution is 7.78. The highest BCUT2D eigenvalue weighted by atomic mass is 31.2. The van der Waals surface area contributed by atoms with Gasteiger partial charge in [0.15, 0.2) is 7.14 Å². The molecule has 0 aliphatic heterocycles. The van der Waals surface area contributed by atoms with Crippen LogP contribution in [0.2, 0.25) is 0 Å². The third kappa shape index (κ3) is 2.98. The maximum Gasteiger partial charge on any atom is 0.174 e. The lowest BCUT2D eigenvalue weighted by molar-refractivity contribution is 0.254. The SMILES string of the molecule is Cc1cc(C)c(C(O)P(=O)(c2ccccc2)c2ccccc2)c(C)c1O. The van der Waals surface area contributed by atoms with Gasteiger partial charge >= 0.3 is 0 Å². The van der Waals surface area contributed by atoms with Crippen LogP contribution in [0.4, 0.5) is 0 Å². The van der Waals surface area contributed by atoms with Crippen LogP contribution in [0.3, 0.4) is 0 Å². The highest BCUT2D eigenvalue weighted by Crippen LogP contribution is 2.57. The van der Waals surface area contributed by atoms with Crippen molar-refractivity contribution in [2.24, 2.45) is 0 Å². The van der Waals surface area contributed by atoms with Gasteiger partial charge in [0.05, 0.1) is 0 Å². The van der Waals surface area contributed by atoms with Crippen molar-refractivity contribution in [2.75, 3.05) is 0 Å². The summed E-state index contributed by atoms with van der Waals surface area (Å²) in [5.41, 5.74) is 2.66. The Bertz CT molecular complexity index is 922. The van der Waals surface area contributed by atoms with E-state index in [0.717, 1.165) is 11.1 Å². The number of aromatic hydroxyl groups is 1. The Morgan fingerprint density at radius 2 is 1.27 bits per heavy atom. The first-order valence-corrected chi connectivity index (χ1v) is 10.3. The maximum absolute atomic E-state index is 14.3. The van der Waals surface area contributed by atoms with Crippen LogP contribution in [-0.4, -0.2) is 10.2 Å². The van der Waals surface area contributed by atoms with Gasteiger partial charge in [-0.15, -0.1) is 0 Å². The molecule has 3 aromatic rings. The first-order valence-electron chi connectivity index (χ1n) is 8.56. The number of aliphatic hydroxyl groups excluding tert-OH is 1. The largest absolute Gasteiger partial charge is 0.507 e. The normalized spacial score (nSPS) is 12.8. The summed E-state index contributed by atoms with van der Waals surface area (Å²) in [4.78, 5) is 0. The van der Waals surface area contributed by atoms with E-state index in [0.29, 0.717) is 21.7 Å². The number of benzene rings is 3. The smallest absolute Gasteiger partial charge is 0.174 e. The minimum atomic E-state index is -3.38. The van der Waals surface area contributed by atoms with E-state index in [4.69, 9.17) is 0 Å². The van der Waals surface area contributed by atoms with Crippen molar-refractivity contribution >= 4 is 17.8 Å². The Morgan fingerprint density at radius 1 is 0.808 bits per heavy atom. The van der Waals surface area contributed by atoms with Crippen molar-refractivity contribution in [3.63, 3.8) is 0 Å². The number of aryl methyl sites for hydroxylation is 2. The molecule has 0 radical (unpaired) electrons. The molecular formula is C22H23O3P. The molecular weight excluding hydrogens is 343 g/mol. The maximum atomic E-state index is 14.3. The van der Waals surface area contributed by atoms with Crippen LogP contribution in [0.15, 0.2) is 66.7 Å². The summed E-state index contributed by atoms with van der Waals surface area (Å²) in [6, 6.07) is 20.0. The summed E-state index contributed by atoms with van der Waals surface area (Å²) in [7, 11) is -3.38. The molecule has 0 aromatic heterocycles. The molecule has 1 unspecified atom stereocenters. The fraction of sp³-hybridized carbons (Fsp3) is 0.182. The predicted octanol–water partition coefficient (Wildman–Crippen LogP) is 4.32. The summed E-state index contributed by atoms with van der Waals surface area (Å²) in [6.07, 6.45) is 0. The van der Waals surface area contributed by atoms with E-state index in [1.165, 1.54) is 0 Å². The van der Waals surface area contributed by atoms with Crippen LogP contribution < -0.4 is 10.6 Å².